The molecule has 0 aliphatic rings. The van der Waals surface area contributed by atoms with E-state index in [1.807, 2.05) is 29.8 Å². The number of hydrogen-bond donors (Lipinski definition) is 1. The summed E-state index contributed by atoms with van der Waals surface area (Å²) in [6, 6.07) is 16.3. The van der Waals surface area contributed by atoms with Crippen molar-refractivity contribution in [1.82, 2.24) is 35.4 Å². The Kier molecular flexibility index (Phi) is 5.94. The van der Waals surface area contributed by atoms with Crippen LogP contribution in [-0.2, 0) is 12.0 Å². The number of ketones is 1. The van der Waals surface area contributed by atoms with Gasteiger partial charge in [0.1, 0.15) is 5.82 Å². The predicted octanol–water partition coefficient (Wildman–Crippen LogP) is 4.45. The number of carbonyl (C=O) groups is 1. The number of aromatic nitrogens is 7. The molecule has 0 fully saturated rings. The molecule has 32 heavy (non-hydrogen) atoms. The van der Waals surface area contributed by atoms with E-state index in [9.17, 15) is 4.79 Å². The van der Waals surface area contributed by atoms with E-state index in [2.05, 4.69) is 81.8 Å². The molecule has 2 aromatic carbocycles. The van der Waals surface area contributed by atoms with Crippen molar-refractivity contribution in [2.75, 3.05) is 0 Å². The first-order valence-corrected chi connectivity index (χ1v) is 10.8. The summed E-state index contributed by atoms with van der Waals surface area (Å²) >= 11 is 0. The number of H-pyrrole nitrogens is 1. The van der Waals surface area contributed by atoms with Crippen LogP contribution in [-0.4, -0.2) is 41.2 Å². The Balaban J connectivity index is 1.63. The molecular weight excluding hydrogens is 402 g/mol. The highest BCUT2D eigenvalue weighted by molar-refractivity contribution is 5.92. The number of hydrogen-bond acceptors (Lipinski definition) is 6. The van der Waals surface area contributed by atoms with Crippen molar-refractivity contribution in [1.29, 1.82) is 0 Å². The Bertz CT molecular complexity index is 1200. The SMILES string of the molecule is CCCC(=O)c1nc(Cc2ccc(-c3ccccc3-c3nnn[nH]3)cc2)n(C(C)(C)C)n1. The first-order valence-electron chi connectivity index (χ1n) is 10.8. The van der Waals surface area contributed by atoms with Crippen LogP contribution in [0.1, 0.15) is 62.5 Å². The number of rotatable bonds is 7. The van der Waals surface area contributed by atoms with Gasteiger partial charge in [-0.1, -0.05) is 55.5 Å². The number of tetrazole rings is 1. The van der Waals surface area contributed by atoms with Crippen LogP contribution in [0.2, 0.25) is 0 Å². The Hall–Kier alpha value is -3.68. The second-order valence-corrected chi connectivity index (χ2v) is 8.78. The molecule has 4 rings (SSSR count). The number of Topliss-reactive ketones (excluding diaryl/α,β-unsaturated/α-hetero) is 1. The van der Waals surface area contributed by atoms with Gasteiger partial charge in [-0.2, -0.15) is 0 Å². The van der Waals surface area contributed by atoms with Crippen LogP contribution < -0.4 is 0 Å². The highest BCUT2D eigenvalue weighted by Gasteiger charge is 2.23. The lowest BCUT2D eigenvalue weighted by molar-refractivity contribution is 0.0971. The molecule has 8 heteroatoms. The lowest BCUT2D eigenvalue weighted by Crippen LogP contribution is -2.26. The van der Waals surface area contributed by atoms with E-state index in [-0.39, 0.29) is 11.3 Å². The molecule has 8 nitrogen and oxygen atoms in total. The highest BCUT2D eigenvalue weighted by Crippen LogP contribution is 2.30. The first-order chi connectivity index (χ1) is 15.4. The third-order valence-electron chi connectivity index (χ3n) is 5.19. The van der Waals surface area contributed by atoms with Gasteiger partial charge in [0.15, 0.2) is 5.82 Å². The second kappa shape index (κ2) is 8.82. The molecule has 0 aliphatic carbocycles. The van der Waals surface area contributed by atoms with Gasteiger partial charge in [0.25, 0.3) is 0 Å². The quantitative estimate of drug-likeness (QED) is 0.435. The molecular formula is C24H27N7O. The van der Waals surface area contributed by atoms with Gasteiger partial charge in [-0.05, 0) is 54.3 Å². The average molecular weight is 430 g/mol. The highest BCUT2D eigenvalue weighted by atomic mass is 16.1. The molecule has 2 heterocycles. The summed E-state index contributed by atoms with van der Waals surface area (Å²) in [4.78, 5) is 17.0. The Morgan fingerprint density at radius 2 is 1.75 bits per heavy atom. The smallest absolute Gasteiger partial charge is 0.217 e. The van der Waals surface area contributed by atoms with Crippen LogP contribution in [0.4, 0.5) is 0 Å². The molecule has 4 aromatic rings. The zero-order chi connectivity index (χ0) is 22.7. The van der Waals surface area contributed by atoms with Gasteiger partial charge >= 0.3 is 0 Å². The molecule has 2 aromatic heterocycles. The summed E-state index contributed by atoms with van der Waals surface area (Å²) in [5.41, 5.74) is 3.88. The van der Waals surface area contributed by atoms with Crippen molar-refractivity contribution in [3.8, 4) is 22.5 Å². The predicted molar refractivity (Wildman–Crippen MR) is 122 cm³/mol. The third kappa shape index (κ3) is 4.49. The lowest BCUT2D eigenvalue weighted by atomic mass is 9.97. The molecule has 0 atom stereocenters. The van der Waals surface area contributed by atoms with Crippen LogP contribution in [0.5, 0.6) is 0 Å². The minimum absolute atomic E-state index is 0.00869. The topological polar surface area (TPSA) is 102 Å². The Labute approximate surface area is 187 Å². The fraction of sp³-hybridized carbons (Fsp3) is 0.333. The molecule has 0 amide bonds. The number of aromatic amines is 1. The molecule has 0 radical (unpaired) electrons. The van der Waals surface area contributed by atoms with E-state index < -0.39 is 0 Å². The number of nitrogens with one attached hydrogen (secondary N) is 1. The van der Waals surface area contributed by atoms with E-state index in [1.54, 1.807) is 0 Å². The largest absolute Gasteiger partial charge is 0.291 e. The minimum Gasteiger partial charge on any atom is -0.291 e. The van der Waals surface area contributed by atoms with Crippen molar-refractivity contribution >= 4 is 5.78 Å². The van der Waals surface area contributed by atoms with Crippen LogP contribution in [0.15, 0.2) is 48.5 Å². The molecule has 0 unspecified atom stereocenters. The summed E-state index contributed by atoms with van der Waals surface area (Å²) in [6.07, 6.45) is 1.84. The van der Waals surface area contributed by atoms with Crippen LogP contribution in [0.3, 0.4) is 0 Å². The first kappa shape index (κ1) is 21.5. The molecule has 0 spiro atoms. The average Bonchev–Trinajstić information content (AvgIpc) is 3.45. The molecule has 1 N–H and O–H groups in total. The van der Waals surface area contributed by atoms with E-state index in [0.29, 0.717) is 24.5 Å². The van der Waals surface area contributed by atoms with Gasteiger partial charge in [0.2, 0.25) is 11.6 Å². The third-order valence-corrected chi connectivity index (χ3v) is 5.19. The maximum Gasteiger partial charge on any atom is 0.217 e. The fourth-order valence-corrected chi connectivity index (χ4v) is 3.65. The fourth-order valence-electron chi connectivity index (χ4n) is 3.65. The Morgan fingerprint density at radius 1 is 1.03 bits per heavy atom. The molecule has 164 valence electrons. The molecule has 0 saturated carbocycles. The zero-order valence-corrected chi connectivity index (χ0v) is 18.8. The van der Waals surface area contributed by atoms with Gasteiger partial charge in [0.05, 0.1) is 5.54 Å². The van der Waals surface area contributed by atoms with Crippen LogP contribution >= 0.6 is 0 Å². The summed E-state index contributed by atoms with van der Waals surface area (Å²) < 4.78 is 1.87. The van der Waals surface area contributed by atoms with Gasteiger partial charge < -0.3 is 0 Å². The summed E-state index contributed by atoms with van der Waals surface area (Å²) in [5, 5.41) is 18.8. The maximum atomic E-state index is 12.4. The van der Waals surface area contributed by atoms with E-state index in [1.165, 1.54) is 0 Å². The van der Waals surface area contributed by atoms with Crippen LogP contribution in [0, 0.1) is 0 Å². The minimum atomic E-state index is -0.267. The summed E-state index contributed by atoms with van der Waals surface area (Å²) in [5.74, 6) is 1.72. The monoisotopic (exact) mass is 429 g/mol. The van der Waals surface area contributed by atoms with Gasteiger partial charge in [-0.3, -0.25) is 4.79 Å². The second-order valence-electron chi connectivity index (χ2n) is 8.78. The van der Waals surface area contributed by atoms with Crippen molar-refractivity contribution < 1.29 is 4.79 Å². The molecule has 0 bridgehead atoms. The summed E-state index contributed by atoms with van der Waals surface area (Å²) in [7, 11) is 0. The Morgan fingerprint density at radius 3 is 2.38 bits per heavy atom. The van der Waals surface area contributed by atoms with Crippen LogP contribution in [0.25, 0.3) is 22.5 Å². The van der Waals surface area contributed by atoms with Crippen molar-refractivity contribution in [2.45, 2.75) is 52.5 Å². The molecule has 0 aliphatic heterocycles. The lowest BCUT2D eigenvalue weighted by Gasteiger charge is -2.21. The van der Waals surface area contributed by atoms with Crippen molar-refractivity contribution in [3.63, 3.8) is 0 Å². The van der Waals surface area contributed by atoms with Gasteiger partial charge in [0, 0.05) is 18.4 Å². The normalized spacial score (nSPS) is 11.6. The number of carbonyl (C=O) groups excluding carboxylic acids is 1. The van der Waals surface area contributed by atoms with E-state index in [4.69, 9.17) is 0 Å². The van der Waals surface area contributed by atoms with E-state index >= 15 is 0 Å². The zero-order valence-electron chi connectivity index (χ0n) is 18.8. The van der Waals surface area contributed by atoms with Gasteiger partial charge in [-0.15, -0.1) is 10.2 Å². The number of benzene rings is 2. The van der Waals surface area contributed by atoms with Crippen molar-refractivity contribution in [2.24, 2.45) is 0 Å². The van der Waals surface area contributed by atoms with Crippen molar-refractivity contribution in [3.05, 3.63) is 65.7 Å². The summed E-state index contributed by atoms with van der Waals surface area (Å²) in [6.45, 7) is 8.19. The molecule has 0 saturated heterocycles. The standard InChI is InChI=1S/C24H27N7O/c1-5-8-20(32)23-25-21(31(28-23)24(2,3)4)15-16-11-13-17(14-12-16)18-9-6-7-10-19(18)22-26-29-30-27-22/h6-7,9-14H,5,8,15H2,1-4H3,(H,26,27,29,30). The maximum absolute atomic E-state index is 12.4. The van der Waals surface area contributed by atoms with Gasteiger partial charge in [-0.25, -0.2) is 14.8 Å². The van der Waals surface area contributed by atoms with E-state index in [0.717, 1.165) is 34.5 Å². The number of nitrogens with zero attached hydrogens (tertiary/aromatic N) is 6.